The first kappa shape index (κ1) is 12.8. The number of hydrogen-bond donors (Lipinski definition) is 1. The Morgan fingerprint density at radius 3 is 2.58 bits per heavy atom. The van der Waals surface area contributed by atoms with Gasteiger partial charge in [0, 0.05) is 5.56 Å². The Kier molecular flexibility index (Phi) is 3.42. The third-order valence-corrected chi connectivity index (χ3v) is 4.43. The van der Waals surface area contributed by atoms with Gasteiger partial charge in [-0.2, -0.15) is 0 Å². The Balaban J connectivity index is 2.10. The molecule has 0 aromatic heterocycles. The van der Waals surface area contributed by atoms with E-state index >= 15 is 0 Å². The highest BCUT2D eigenvalue weighted by molar-refractivity contribution is 7.27. The first-order chi connectivity index (χ1) is 9.26. The van der Waals surface area contributed by atoms with Crippen molar-refractivity contribution in [2.24, 2.45) is 0 Å². The van der Waals surface area contributed by atoms with Gasteiger partial charge in [-0.1, -0.05) is 5.92 Å². The van der Waals surface area contributed by atoms with Crippen molar-refractivity contribution >= 4 is 20.2 Å². The summed E-state index contributed by atoms with van der Waals surface area (Å²) in [6, 6.07) is 2.32. The van der Waals surface area contributed by atoms with Gasteiger partial charge >= 0.3 is 0 Å². The topological polar surface area (TPSA) is 21.3 Å². The van der Waals surface area contributed by atoms with Gasteiger partial charge in [-0.05, 0) is 54.5 Å². The lowest BCUT2D eigenvalue weighted by Crippen LogP contribution is -2.12. The average Bonchev–Trinajstić information content (AvgIpc) is 3.28. The maximum Gasteiger partial charge on any atom is 0.146 e. The number of nitrogens with one attached hydrogen (secondary N) is 1. The van der Waals surface area contributed by atoms with Crippen LogP contribution < -0.4 is 15.4 Å². The molecule has 2 aliphatic rings. The molecule has 0 aliphatic heterocycles. The SMILES string of the molecule is C#CCNc1c(C2CC2)cc(P)c(C2CC2)c1OC. The van der Waals surface area contributed by atoms with Crippen molar-refractivity contribution in [3.8, 4) is 18.1 Å². The van der Waals surface area contributed by atoms with Gasteiger partial charge in [0.05, 0.1) is 19.3 Å². The van der Waals surface area contributed by atoms with Gasteiger partial charge in [0.15, 0.2) is 0 Å². The molecule has 0 radical (unpaired) electrons. The molecular weight excluding hydrogens is 253 g/mol. The molecule has 0 heterocycles. The lowest BCUT2D eigenvalue weighted by molar-refractivity contribution is 0.411. The third kappa shape index (κ3) is 2.45. The number of ether oxygens (including phenoxy) is 1. The van der Waals surface area contributed by atoms with Crippen molar-refractivity contribution in [1.82, 2.24) is 0 Å². The van der Waals surface area contributed by atoms with Crippen molar-refractivity contribution in [1.29, 1.82) is 0 Å². The van der Waals surface area contributed by atoms with Crippen LogP contribution in [0, 0.1) is 12.3 Å². The minimum absolute atomic E-state index is 0.552. The number of benzene rings is 1. The van der Waals surface area contributed by atoms with Crippen LogP contribution in [0.15, 0.2) is 6.07 Å². The molecule has 1 aromatic carbocycles. The zero-order chi connectivity index (χ0) is 13.4. The summed E-state index contributed by atoms with van der Waals surface area (Å²) in [5.74, 6) is 5.03. The fourth-order valence-corrected chi connectivity index (χ4v) is 3.30. The van der Waals surface area contributed by atoms with Gasteiger partial charge in [0.25, 0.3) is 0 Å². The van der Waals surface area contributed by atoms with Crippen LogP contribution in [-0.2, 0) is 0 Å². The summed E-state index contributed by atoms with van der Waals surface area (Å²) < 4.78 is 5.73. The number of anilines is 1. The van der Waals surface area contributed by atoms with Crippen LogP contribution in [-0.4, -0.2) is 13.7 Å². The zero-order valence-electron chi connectivity index (χ0n) is 11.3. The fourth-order valence-electron chi connectivity index (χ4n) is 2.76. The van der Waals surface area contributed by atoms with Gasteiger partial charge in [0.1, 0.15) is 5.75 Å². The Bertz CT molecular complexity index is 539. The van der Waals surface area contributed by atoms with Gasteiger partial charge < -0.3 is 10.1 Å². The molecule has 0 saturated heterocycles. The fraction of sp³-hybridized carbons (Fsp3) is 0.500. The molecule has 0 bridgehead atoms. The highest BCUT2D eigenvalue weighted by Gasteiger charge is 2.34. The number of hydrogen-bond acceptors (Lipinski definition) is 2. The molecule has 1 aromatic rings. The van der Waals surface area contributed by atoms with Crippen LogP contribution in [0.2, 0.25) is 0 Å². The van der Waals surface area contributed by atoms with Crippen molar-refractivity contribution < 1.29 is 4.74 Å². The quantitative estimate of drug-likeness (QED) is 0.658. The molecule has 2 nitrogen and oxygen atoms in total. The maximum absolute atomic E-state index is 5.73. The molecule has 1 atom stereocenters. The monoisotopic (exact) mass is 273 g/mol. The van der Waals surface area contributed by atoms with Crippen LogP contribution in [0.25, 0.3) is 0 Å². The molecule has 0 spiro atoms. The van der Waals surface area contributed by atoms with Gasteiger partial charge in [-0.3, -0.25) is 0 Å². The standard InChI is InChI=1S/C16H20NOP/c1-3-8-17-15-12(10-4-5-10)9-13(19)14(11-6-7-11)16(15)18-2/h1,9-11,17H,4-8,19H2,2H3. The van der Waals surface area contributed by atoms with E-state index in [0.717, 1.165) is 11.4 Å². The van der Waals surface area contributed by atoms with Crippen molar-refractivity contribution in [2.75, 3.05) is 19.0 Å². The molecular formula is C16H20NOP. The lowest BCUT2D eigenvalue weighted by atomic mass is 10.0. The smallest absolute Gasteiger partial charge is 0.146 e. The third-order valence-electron chi connectivity index (χ3n) is 3.96. The summed E-state index contributed by atoms with van der Waals surface area (Å²) in [6.07, 6.45) is 10.5. The summed E-state index contributed by atoms with van der Waals surface area (Å²) in [5, 5.41) is 4.68. The van der Waals surface area contributed by atoms with E-state index in [9.17, 15) is 0 Å². The number of methoxy groups -OCH3 is 1. The first-order valence-electron chi connectivity index (χ1n) is 6.93. The minimum atomic E-state index is 0.552. The van der Waals surface area contributed by atoms with E-state index in [0.29, 0.717) is 18.4 Å². The first-order valence-corrected chi connectivity index (χ1v) is 7.51. The largest absolute Gasteiger partial charge is 0.494 e. The Labute approximate surface area is 117 Å². The van der Waals surface area contributed by atoms with Crippen LogP contribution in [0.5, 0.6) is 5.75 Å². The Morgan fingerprint density at radius 2 is 2.05 bits per heavy atom. The normalized spacial score (nSPS) is 17.9. The highest BCUT2D eigenvalue weighted by Crippen LogP contribution is 2.51. The predicted molar refractivity (Wildman–Crippen MR) is 83.6 cm³/mol. The van der Waals surface area contributed by atoms with Crippen molar-refractivity contribution in [3.05, 3.63) is 17.2 Å². The van der Waals surface area contributed by atoms with Crippen LogP contribution in [0.4, 0.5) is 5.69 Å². The Morgan fingerprint density at radius 1 is 1.37 bits per heavy atom. The molecule has 3 heteroatoms. The minimum Gasteiger partial charge on any atom is -0.494 e. The molecule has 2 aliphatic carbocycles. The summed E-state index contributed by atoms with van der Waals surface area (Å²) in [4.78, 5) is 0. The van der Waals surface area contributed by atoms with Gasteiger partial charge in [-0.15, -0.1) is 15.7 Å². The second kappa shape index (κ2) is 5.06. The molecule has 3 rings (SSSR count). The van der Waals surface area contributed by atoms with E-state index < -0.39 is 0 Å². The molecule has 2 saturated carbocycles. The van der Waals surface area contributed by atoms with E-state index in [1.165, 1.54) is 42.1 Å². The van der Waals surface area contributed by atoms with Crippen molar-refractivity contribution in [2.45, 2.75) is 37.5 Å². The van der Waals surface area contributed by atoms with Crippen LogP contribution in [0.1, 0.15) is 48.6 Å². The predicted octanol–water partition coefficient (Wildman–Crippen LogP) is 3.00. The highest BCUT2D eigenvalue weighted by atomic mass is 31.0. The summed E-state index contributed by atoms with van der Waals surface area (Å²) in [7, 11) is 4.66. The molecule has 19 heavy (non-hydrogen) atoms. The Hall–Kier alpha value is -1.19. The van der Waals surface area contributed by atoms with Crippen LogP contribution >= 0.6 is 9.24 Å². The second-order valence-electron chi connectivity index (χ2n) is 5.48. The second-order valence-corrected chi connectivity index (χ2v) is 6.11. The molecule has 1 N–H and O–H groups in total. The summed E-state index contributed by atoms with van der Waals surface area (Å²) in [6.45, 7) is 0.552. The average molecular weight is 273 g/mol. The molecule has 0 amide bonds. The van der Waals surface area contributed by atoms with E-state index in [2.05, 4.69) is 26.5 Å². The molecule has 2 fully saturated rings. The molecule has 1 unspecified atom stereocenters. The number of terminal acetylenes is 1. The zero-order valence-corrected chi connectivity index (χ0v) is 12.5. The van der Waals surface area contributed by atoms with Gasteiger partial charge in [-0.25, -0.2) is 0 Å². The van der Waals surface area contributed by atoms with Gasteiger partial charge in [0.2, 0.25) is 0 Å². The van der Waals surface area contributed by atoms with E-state index in [1.54, 1.807) is 7.11 Å². The number of rotatable bonds is 5. The van der Waals surface area contributed by atoms with E-state index in [-0.39, 0.29) is 0 Å². The van der Waals surface area contributed by atoms with Crippen LogP contribution in [0.3, 0.4) is 0 Å². The summed E-state index contributed by atoms with van der Waals surface area (Å²) in [5.41, 5.74) is 3.87. The van der Waals surface area contributed by atoms with E-state index in [1.807, 2.05) is 0 Å². The maximum atomic E-state index is 5.73. The van der Waals surface area contributed by atoms with Crippen molar-refractivity contribution in [3.63, 3.8) is 0 Å². The summed E-state index contributed by atoms with van der Waals surface area (Å²) >= 11 is 0. The van der Waals surface area contributed by atoms with E-state index in [4.69, 9.17) is 11.2 Å². The lowest BCUT2D eigenvalue weighted by Gasteiger charge is -2.20. The molecule has 100 valence electrons.